The van der Waals surface area contributed by atoms with E-state index in [9.17, 15) is 4.79 Å². The third kappa shape index (κ3) is 4.05. The second-order valence-corrected chi connectivity index (χ2v) is 6.12. The minimum absolute atomic E-state index is 0.00710. The maximum absolute atomic E-state index is 12.4. The van der Waals surface area contributed by atoms with E-state index in [0.717, 1.165) is 21.2 Å². The van der Waals surface area contributed by atoms with Crippen LogP contribution in [0.25, 0.3) is 17.2 Å². The Kier molecular flexibility index (Phi) is 4.84. The SMILES string of the molecule is O=C(/C=C/c1ccccc1)c1cc(Br)cc(-c2ccccc2)c1. The Labute approximate surface area is 144 Å². The lowest BCUT2D eigenvalue weighted by molar-refractivity contribution is 0.104. The number of benzene rings is 3. The molecule has 0 fully saturated rings. The Bertz CT molecular complexity index is 836. The van der Waals surface area contributed by atoms with Crippen LogP contribution in [0.1, 0.15) is 15.9 Å². The second kappa shape index (κ2) is 7.21. The molecule has 0 amide bonds. The number of carbonyl (C=O) groups is 1. The number of ketones is 1. The van der Waals surface area contributed by atoms with Crippen LogP contribution in [-0.2, 0) is 0 Å². The van der Waals surface area contributed by atoms with Crippen molar-refractivity contribution in [3.63, 3.8) is 0 Å². The van der Waals surface area contributed by atoms with Gasteiger partial charge in [0, 0.05) is 10.0 Å². The zero-order valence-electron chi connectivity index (χ0n) is 12.4. The molecule has 0 bridgehead atoms. The van der Waals surface area contributed by atoms with Gasteiger partial charge in [0.25, 0.3) is 0 Å². The molecule has 0 saturated carbocycles. The number of hydrogen-bond acceptors (Lipinski definition) is 1. The topological polar surface area (TPSA) is 17.1 Å². The predicted molar refractivity (Wildman–Crippen MR) is 99.4 cm³/mol. The largest absolute Gasteiger partial charge is 0.289 e. The minimum atomic E-state index is -0.00710. The summed E-state index contributed by atoms with van der Waals surface area (Å²) in [6.45, 7) is 0. The van der Waals surface area contributed by atoms with Gasteiger partial charge < -0.3 is 0 Å². The van der Waals surface area contributed by atoms with Gasteiger partial charge >= 0.3 is 0 Å². The van der Waals surface area contributed by atoms with Crippen molar-refractivity contribution in [1.29, 1.82) is 0 Å². The van der Waals surface area contributed by atoms with Gasteiger partial charge in [0.2, 0.25) is 0 Å². The Morgan fingerprint density at radius 1 is 0.783 bits per heavy atom. The van der Waals surface area contributed by atoms with Gasteiger partial charge in [-0.1, -0.05) is 82.7 Å². The average molecular weight is 363 g/mol. The van der Waals surface area contributed by atoms with Crippen LogP contribution in [0.15, 0.2) is 89.4 Å². The summed E-state index contributed by atoms with van der Waals surface area (Å²) >= 11 is 3.50. The highest BCUT2D eigenvalue weighted by atomic mass is 79.9. The molecule has 0 aliphatic heterocycles. The molecule has 3 aromatic rings. The molecular weight excluding hydrogens is 348 g/mol. The minimum Gasteiger partial charge on any atom is -0.289 e. The molecule has 0 saturated heterocycles. The highest BCUT2D eigenvalue weighted by Gasteiger charge is 2.07. The molecule has 0 aromatic heterocycles. The van der Waals surface area contributed by atoms with E-state index in [1.54, 1.807) is 6.08 Å². The molecule has 0 heterocycles. The van der Waals surface area contributed by atoms with Crippen LogP contribution in [0.4, 0.5) is 0 Å². The van der Waals surface area contributed by atoms with Crippen LogP contribution < -0.4 is 0 Å². The second-order valence-electron chi connectivity index (χ2n) is 5.20. The normalized spacial score (nSPS) is 10.8. The average Bonchev–Trinajstić information content (AvgIpc) is 2.61. The van der Waals surface area contributed by atoms with Crippen LogP contribution in [0.5, 0.6) is 0 Å². The summed E-state index contributed by atoms with van der Waals surface area (Å²) < 4.78 is 0.898. The Hall–Kier alpha value is -2.45. The maximum Gasteiger partial charge on any atom is 0.185 e. The van der Waals surface area contributed by atoms with Gasteiger partial charge in [-0.2, -0.15) is 0 Å². The summed E-state index contributed by atoms with van der Waals surface area (Å²) in [5, 5.41) is 0. The van der Waals surface area contributed by atoms with Crippen molar-refractivity contribution in [2.75, 3.05) is 0 Å². The molecule has 2 heteroatoms. The van der Waals surface area contributed by atoms with Crippen LogP contribution >= 0.6 is 15.9 Å². The molecule has 112 valence electrons. The molecule has 23 heavy (non-hydrogen) atoms. The van der Waals surface area contributed by atoms with Crippen molar-refractivity contribution in [2.45, 2.75) is 0 Å². The highest BCUT2D eigenvalue weighted by molar-refractivity contribution is 9.10. The summed E-state index contributed by atoms with van der Waals surface area (Å²) in [4.78, 5) is 12.4. The van der Waals surface area contributed by atoms with Gasteiger partial charge in [-0.15, -0.1) is 0 Å². The van der Waals surface area contributed by atoms with E-state index in [1.165, 1.54) is 0 Å². The number of allylic oxidation sites excluding steroid dienone is 1. The first-order valence-electron chi connectivity index (χ1n) is 7.36. The highest BCUT2D eigenvalue weighted by Crippen LogP contribution is 2.25. The van der Waals surface area contributed by atoms with Gasteiger partial charge in [0.15, 0.2) is 5.78 Å². The summed E-state index contributed by atoms with van der Waals surface area (Å²) in [6.07, 6.45) is 3.46. The first-order chi connectivity index (χ1) is 11.2. The third-order valence-corrected chi connectivity index (χ3v) is 3.97. The fourth-order valence-corrected chi connectivity index (χ4v) is 2.85. The summed E-state index contributed by atoms with van der Waals surface area (Å²) in [5.74, 6) is -0.00710. The lowest BCUT2D eigenvalue weighted by Crippen LogP contribution is -1.95. The van der Waals surface area contributed by atoms with E-state index in [0.29, 0.717) is 5.56 Å². The molecule has 0 N–H and O–H groups in total. The van der Waals surface area contributed by atoms with Crippen molar-refractivity contribution in [1.82, 2.24) is 0 Å². The van der Waals surface area contributed by atoms with Crippen LogP contribution in [0.2, 0.25) is 0 Å². The van der Waals surface area contributed by atoms with E-state index in [4.69, 9.17) is 0 Å². The standard InChI is InChI=1S/C21H15BrO/c22-20-14-18(17-9-5-2-6-10-17)13-19(15-20)21(23)12-11-16-7-3-1-4-8-16/h1-15H/b12-11+. The molecular formula is C21H15BrO. The summed E-state index contributed by atoms with van der Waals surface area (Å²) in [6, 6.07) is 25.7. The van der Waals surface area contributed by atoms with Crippen molar-refractivity contribution >= 4 is 27.8 Å². The van der Waals surface area contributed by atoms with Crippen molar-refractivity contribution in [3.8, 4) is 11.1 Å². The molecule has 0 aliphatic carbocycles. The quantitative estimate of drug-likeness (QED) is 0.410. The molecule has 0 radical (unpaired) electrons. The maximum atomic E-state index is 12.4. The van der Waals surface area contributed by atoms with Gasteiger partial charge in [-0.05, 0) is 41.0 Å². The molecule has 0 aliphatic rings. The van der Waals surface area contributed by atoms with E-state index < -0.39 is 0 Å². The zero-order chi connectivity index (χ0) is 16.1. The molecule has 0 unspecified atom stereocenters. The number of carbonyl (C=O) groups excluding carboxylic acids is 1. The first-order valence-corrected chi connectivity index (χ1v) is 8.15. The van der Waals surface area contributed by atoms with E-state index >= 15 is 0 Å². The Balaban J connectivity index is 1.89. The fraction of sp³-hybridized carbons (Fsp3) is 0. The first kappa shape index (κ1) is 15.4. The monoisotopic (exact) mass is 362 g/mol. The van der Waals surface area contributed by atoms with Crippen LogP contribution in [-0.4, -0.2) is 5.78 Å². The van der Waals surface area contributed by atoms with Gasteiger partial charge in [-0.3, -0.25) is 4.79 Å². The lowest BCUT2D eigenvalue weighted by atomic mass is 10.0. The van der Waals surface area contributed by atoms with Crippen molar-refractivity contribution in [3.05, 3.63) is 101 Å². The van der Waals surface area contributed by atoms with E-state index in [-0.39, 0.29) is 5.78 Å². The predicted octanol–water partition coefficient (Wildman–Crippen LogP) is 6.01. The Morgan fingerprint density at radius 3 is 2.13 bits per heavy atom. The van der Waals surface area contributed by atoms with E-state index in [2.05, 4.69) is 15.9 Å². The van der Waals surface area contributed by atoms with Crippen molar-refractivity contribution < 1.29 is 4.79 Å². The third-order valence-electron chi connectivity index (χ3n) is 3.52. The zero-order valence-corrected chi connectivity index (χ0v) is 14.0. The summed E-state index contributed by atoms with van der Waals surface area (Å²) in [7, 11) is 0. The van der Waals surface area contributed by atoms with Gasteiger partial charge in [0.05, 0.1) is 0 Å². The Morgan fingerprint density at radius 2 is 1.43 bits per heavy atom. The van der Waals surface area contributed by atoms with E-state index in [1.807, 2.05) is 84.9 Å². The molecule has 1 nitrogen and oxygen atoms in total. The fourth-order valence-electron chi connectivity index (χ4n) is 2.36. The molecule has 3 rings (SSSR count). The number of halogens is 1. The number of rotatable bonds is 4. The van der Waals surface area contributed by atoms with Crippen LogP contribution in [0.3, 0.4) is 0 Å². The molecule has 0 atom stereocenters. The smallest absolute Gasteiger partial charge is 0.185 e. The van der Waals surface area contributed by atoms with Crippen LogP contribution in [0, 0.1) is 0 Å². The van der Waals surface area contributed by atoms with Crippen molar-refractivity contribution in [2.24, 2.45) is 0 Å². The molecule has 0 spiro atoms. The van der Waals surface area contributed by atoms with Gasteiger partial charge in [-0.25, -0.2) is 0 Å². The number of hydrogen-bond donors (Lipinski definition) is 0. The molecule has 3 aromatic carbocycles. The summed E-state index contributed by atoms with van der Waals surface area (Å²) in [5.41, 5.74) is 3.80. The van der Waals surface area contributed by atoms with Gasteiger partial charge in [0.1, 0.15) is 0 Å². The lowest BCUT2D eigenvalue weighted by Gasteiger charge is -2.05.